The van der Waals surface area contributed by atoms with Crippen molar-refractivity contribution in [1.29, 1.82) is 0 Å². The van der Waals surface area contributed by atoms with Crippen LogP contribution in [0.5, 0.6) is 11.5 Å². The Morgan fingerprint density at radius 3 is 2.68 bits per heavy atom. The summed E-state index contributed by atoms with van der Waals surface area (Å²) in [4.78, 5) is 23.6. The molecule has 1 aliphatic rings. The zero-order valence-corrected chi connectivity index (χ0v) is 21.4. The molecular weight excluding hydrogens is 519 g/mol. The molecular formula is C26H24F3N5O3S. The highest BCUT2D eigenvalue weighted by Gasteiger charge is 2.38. The number of alkyl halides is 3. The molecule has 1 aromatic carbocycles. The first-order chi connectivity index (χ1) is 18.3. The summed E-state index contributed by atoms with van der Waals surface area (Å²) in [5.74, 6) is 0.467. The van der Waals surface area contributed by atoms with Gasteiger partial charge in [0.25, 0.3) is 5.91 Å². The van der Waals surface area contributed by atoms with E-state index in [1.807, 2.05) is 12.1 Å². The predicted molar refractivity (Wildman–Crippen MR) is 135 cm³/mol. The summed E-state index contributed by atoms with van der Waals surface area (Å²) in [5, 5.41) is 5.63. The lowest BCUT2D eigenvalue weighted by Gasteiger charge is -2.35. The number of piperidine rings is 1. The topological polar surface area (TPSA) is 82.4 Å². The van der Waals surface area contributed by atoms with Crippen LogP contribution >= 0.6 is 11.3 Å². The van der Waals surface area contributed by atoms with Crippen LogP contribution in [0, 0.1) is 0 Å². The van der Waals surface area contributed by atoms with Crippen LogP contribution < -0.4 is 9.47 Å². The quantitative estimate of drug-likeness (QED) is 0.306. The number of likely N-dealkylation sites (tertiary alicyclic amines) is 1. The summed E-state index contributed by atoms with van der Waals surface area (Å²) in [7, 11) is 2.90. The van der Waals surface area contributed by atoms with Crippen molar-refractivity contribution in [3.63, 3.8) is 0 Å². The predicted octanol–water partition coefficient (Wildman–Crippen LogP) is 5.79. The molecule has 0 N–H and O–H groups in total. The number of hydrogen-bond acceptors (Lipinski definition) is 7. The molecule has 3 aromatic heterocycles. The molecule has 4 aromatic rings. The molecule has 8 nitrogen and oxygen atoms in total. The molecule has 1 aliphatic heterocycles. The minimum atomic E-state index is -4.71. The van der Waals surface area contributed by atoms with E-state index in [9.17, 15) is 18.0 Å². The molecule has 0 unspecified atom stereocenters. The number of carbonyl (C=O) groups excluding carboxylic acids is 1. The maximum absolute atomic E-state index is 14.0. The molecule has 1 fully saturated rings. The van der Waals surface area contributed by atoms with Crippen molar-refractivity contribution in [2.75, 3.05) is 20.8 Å². The summed E-state index contributed by atoms with van der Waals surface area (Å²) in [6, 6.07) is 9.27. The third-order valence-corrected chi connectivity index (χ3v) is 7.23. The highest BCUT2D eigenvalue weighted by Crippen LogP contribution is 2.39. The molecule has 1 amide bonds. The fourth-order valence-electron chi connectivity index (χ4n) is 4.57. The number of nitrogens with zero attached hydrogens (tertiary/aromatic N) is 5. The maximum Gasteiger partial charge on any atom is 0.433 e. The zero-order valence-electron chi connectivity index (χ0n) is 20.6. The number of halogens is 3. The standard InChI is InChI=1S/C26H24F3N5O3S/c1-36-17-8-9-18(22(12-17)37-2)19-13-23(26(27,28)29)34(32-19)25-31-20(15-38-25)24(35)33-11-4-3-7-21(33)16-6-5-10-30-14-16/h5-6,8-10,12-15,21H,3-4,7,11H2,1-2H3/t21-/m1/s1. The first-order valence-electron chi connectivity index (χ1n) is 11.9. The number of carbonyl (C=O) groups is 1. The number of thiazole rings is 1. The number of rotatable bonds is 6. The van der Waals surface area contributed by atoms with Crippen molar-refractivity contribution >= 4 is 17.2 Å². The minimum absolute atomic E-state index is 0.0487. The summed E-state index contributed by atoms with van der Waals surface area (Å²) in [6.07, 6.45) is 1.27. The van der Waals surface area contributed by atoms with Gasteiger partial charge in [0, 0.05) is 35.9 Å². The number of aromatic nitrogens is 4. The fraction of sp³-hybridized carbons (Fsp3) is 0.308. The lowest BCUT2D eigenvalue weighted by Crippen LogP contribution is -2.38. The molecule has 0 saturated carbocycles. The summed E-state index contributed by atoms with van der Waals surface area (Å²) < 4.78 is 53.4. The van der Waals surface area contributed by atoms with E-state index in [4.69, 9.17) is 9.47 Å². The minimum Gasteiger partial charge on any atom is -0.497 e. The molecule has 38 heavy (non-hydrogen) atoms. The van der Waals surface area contributed by atoms with E-state index in [1.165, 1.54) is 19.6 Å². The third-order valence-electron chi connectivity index (χ3n) is 6.41. The second-order valence-electron chi connectivity index (χ2n) is 8.70. The Morgan fingerprint density at radius 1 is 1.13 bits per heavy atom. The van der Waals surface area contributed by atoms with Crippen LogP contribution in [0.4, 0.5) is 13.2 Å². The van der Waals surface area contributed by atoms with E-state index in [0.717, 1.165) is 46.9 Å². The third kappa shape index (κ3) is 4.95. The van der Waals surface area contributed by atoms with E-state index >= 15 is 0 Å². The normalized spacial score (nSPS) is 15.9. The van der Waals surface area contributed by atoms with E-state index < -0.39 is 11.9 Å². The number of methoxy groups -OCH3 is 2. The molecule has 0 spiro atoms. The van der Waals surface area contributed by atoms with Gasteiger partial charge in [0.05, 0.1) is 26.0 Å². The molecule has 1 atom stereocenters. The Kier molecular flexibility index (Phi) is 7.06. The van der Waals surface area contributed by atoms with Crippen molar-refractivity contribution in [3.8, 4) is 27.9 Å². The van der Waals surface area contributed by atoms with Crippen molar-refractivity contribution in [1.82, 2.24) is 24.6 Å². The lowest BCUT2D eigenvalue weighted by atomic mass is 9.96. The van der Waals surface area contributed by atoms with Crippen LogP contribution in [-0.4, -0.2) is 51.3 Å². The van der Waals surface area contributed by atoms with Gasteiger partial charge < -0.3 is 14.4 Å². The monoisotopic (exact) mass is 543 g/mol. The van der Waals surface area contributed by atoms with E-state index in [-0.39, 0.29) is 28.5 Å². The molecule has 1 saturated heterocycles. The number of hydrogen-bond donors (Lipinski definition) is 0. The van der Waals surface area contributed by atoms with E-state index in [2.05, 4.69) is 15.1 Å². The summed E-state index contributed by atoms with van der Waals surface area (Å²) >= 11 is 0.925. The van der Waals surface area contributed by atoms with Crippen LogP contribution in [-0.2, 0) is 6.18 Å². The number of ether oxygens (including phenoxy) is 2. The Labute approximate surface area is 220 Å². The summed E-state index contributed by atoms with van der Waals surface area (Å²) in [5.41, 5.74) is 0.393. The van der Waals surface area contributed by atoms with E-state index in [1.54, 1.807) is 35.5 Å². The van der Waals surface area contributed by atoms with Crippen LogP contribution in [0.1, 0.15) is 47.1 Å². The van der Waals surface area contributed by atoms with Gasteiger partial charge in [-0.2, -0.15) is 18.3 Å². The Balaban J connectivity index is 1.50. The van der Waals surface area contributed by atoms with Gasteiger partial charge in [-0.1, -0.05) is 6.07 Å². The smallest absolute Gasteiger partial charge is 0.433 e. The number of benzene rings is 1. The number of pyridine rings is 1. The van der Waals surface area contributed by atoms with Gasteiger partial charge >= 0.3 is 6.18 Å². The highest BCUT2D eigenvalue weighted by molar-refractivity contribution is 7.12. The molecule has 198 valence electrons. The van der Waals surface area contributed by atoms with Gasteiger partial charge in [0.15, 0.2) is 5.69 Å². The lowest BCUT2D eigenvalue weighted by molar-refractivity contribution is -0.142. The van der Waals surface area contributed by atoms with Crippen molar-refractivity contribution in [2.24, 2.45) is 0 Å². The molecule has 5 rings (SSSR count). The van der Waals surface area contributed by atoms with Crippen LogP contribution in [0.15, 0.2) is 54.2 Å². The molecule has 4 heterocycles. The zero-order chi connectivity index (χ0) is 26.9. The van der Waals surface area contributed by atoms with Gasteiger partial charge in [0.1, 0.15) is 17.2 Å². The summed E-state index contributed by atoms with van der Waals surface area (Å²) in [6.45, 7) is 0.530. The molecule has 12 heteroatoms. The second-order valence-corrected chi connectivity index (χ2v) is 9.54. The highest BCUT2D eigenvalue weighted by atomic mass is 32.1. The van der Waals surface area contributed by atoms with Crippen LogP contribution in [0.25, 0.3) is 16.4 Å². The average molecular weight is 544 g/mol. The first-order valence-corrected chi connectivity index (χ1v) is 12.7. The van der Waals surface area contributed by atoms with Crippen LogP contribution in [0.3, 0.4) is 0 Å². The van der Waals surface area contributed by atoms with Gasteiger partial charge in [-0.25, -0.2) is 9.67 Å². The maximum atomic E-state index is 14.0. The SMILES string of the molecule is COc1ccc(-c2cc(C(F)(F)F)n(-c3nc(C(=O)N4CCCC[C@@H]4c4cccnc4)cs3)n2)c(OC)c1. The van der Waals surface area contributed by atoms with Gasteiger partial charge in [-0.3, -0.25) is 9.78 Å². The van der Waals surface area contributed by atoms with Gasteiger partial charge in [0.2, 0.25) is 5.13 Å². The van der Waals surface area contributed by atoms with Crippen molar-refractivity contribution in [2.45, 2.75) is 31.5 Å². The van der Waals surface area contributed by atoms with E-state index in [0.29, 0.717) is 23.6 Å². The Hall–Kier alpha value is -3.93. The van der Waals surface area contributed by atoms with Gasteiger partial charge in [-0.15, -0.1) is 11.3 Å². The average Bonchev–Trinajstić information content (AvgIpc) is 3.61. The van der Waals surface area contributed by atoms with Crippen molar-refractivity contribution in [3.05, 3.63) is 71.1 Å². The molecule has 0 aliphatic carbocycles. The van der Waals surface area contributed by atoms with Gasteiger partial charge in [-0.05, 0) is 49.1 Å². The fourth-order valence-corrected chi connectivity index (χ4v) is 5.33. The molecule has 0 bridgehead atoms. The molecule has 0 radical (unpaired) electrons. The van der Waals surface area contributed by atoms with Crippen molar-refractivity contribution < 1.29 is 27.4 Å². The first kappa shape index (κ1) is 25.7. The van der Waals surface area contributed by atoms with Crippen LogP contribution in [0.2, 0.25) is 0 Å². The Bertz CT molecular complexity index is 1440. The largest absolute Gasteiger partial charge is 0.497 e. The second kappa shape index (κ2) is 10.4. The Morgan fingerprint density at radius 2 is 1.97 bits per heavy atom. The number of amides is 1.